The highest BCUT2D eigenvalue weighted by Gasteiger charge is 2.19. The van der Waals surface area contributed by atoms with Crippen molar-refractivity contribution in [3.05, 3.63) is 33.3 Å². The summed E-state index contributed by atoms with van der Waals surface area (Å²) in [6, 6.07) is 2.00. The van der Waals surface area contributed by atoms with Crippen molar-refractivity contribution in [1.82, 2.24) is 10.2 Å². The number of aryl methyl sites for hydroxylation is 2. The number of piperazine rings is 1. The maximum atomic E-state index is 12.5. The van der Waals surface area contributed by atoms with Gasteiger partial charge in [0.05, 0.1) is 6.54 Å². The summed E-state index contributed by atoms with van der Waals surface area (Å²) in [7, 11) is 0. The molecule has 0 atom stereocenters. The largest absolute Gasteiger partial charge is 0.314 e. The van der Waals surface area contributed by atoms with Gasteiger partial charge < -0.3 is 5.32 Å². The minimum absolute atomic E-state index is 0.179. The summed E-state index contributed by atoms with van der Waals surface area (Å²) in [5, 5.41) is 4.01. The van der Waals surface area contributed by atoms with E-state index in [4.69, 9.17) is 11.6 Å². The summed E-state index contributed by atoms with van der Waals surface area (Å²) in [4.78, 5) is 14.7. The van der Waals surface area contributed by atoms with Crippen LogP contribution >= 0.6 is 11.6 Å². The molecule has 1 aliphatic heterocycles. The SMILES string of the molecule is Cc1cc(C)c(C(=O)CN2CCNCC2)c(C)c1Cl. The van der Waals surface area contributed by atoms with Crippen molar-refractivity contribution in [3.8, 4) is 0 Å². The number of ketones is 1. The average Bonchev–Trinajstić information content (AvgIpc) is 2.37. The predicted molar refractivity (Wildman–Crippen MR) is 79.3 cm³/mol. The molecule has 0 amide bonds. The van der Waals surface area contributed by atoms with Gasteiger partial charge in [0.2, 0.25) is 0 Å². The Morgan fingerprint density at radius 3 is 2.53 bits per heavy atom. The van der Waals surface area contributed by atoms with Gasteiger partial charge in [0.25, 0.3) is 0 Å². The van der Waals surface area contributed by atoms with Crippen LogP contribution in [0.2, 0.25) is 5.02 Å². The average molecular weight is 281 g/mol. The van der Waals surface area contributed by atoms with Crippen molar-refractivity contribution in [2.45, 2.75) is 20.8 Å². The van der Waals surface area contributed by atoms with Gasteiger partial charge in [-0.3, -0.25) is 9.69 Å². The molecule has 2 rings (SSSR count). The molecule has 0 saturated carbocycles. The Labute approximate surface area is 119 Å². The third-order valence-electron chi connectivity index (χ3n) is 3.73. The zero-order valence-corrected chi connectivity index (χ0v) is 12.6. The fraction of sp³-hybridized carbons (Fsp3) is 0.533. The number of nitrogens with zero attached hydrogens (tertiary/aromatic N) is 1. The van der Waals surface area contributed by atoms with Gasteiger partial charge in [-0.25, -0.2) is 0 Å². The Balaban J connectivity index is 2.21. The van der Waals surface area contributed by atoms with Crippen LogP contribution in [-0.2, 0) is 0 Å². The summed E-state index contributed by atoms with van der Waals surface area (Å²) < 4.78 is 0. The molecule has 3 nitrogen and oxygen atoms in total. The first-order valence-corrected chi connectivity index (χ1v) is 7.11. The minimum atomic E-state index is 0.179. The molecule has 1 N–H and O–H groups in total. The number of rotatable bonds is 3. The predicted octanol–water partition coefficient (Wildman–Crippen LogP) is 2.35. The second kappa shape index (κ2) is 6.04. The molecule has 1 heterocycles. The van der Waals surface area contributed by atoms with Gasteiger partial charge in [-0.2, -0.15) is 0 Å². The Bertz CT molecular complexity index is 493. The van der Waals surface area contributed by atoms with E-state index in [1.165, 1.54) is 0 Å². The van der Waals surface area contributed by atoms with Crippen LogP contribution in [0.25, 0.3) is 0 Å². The van der Waals surface area contributed by atoms with Crippen LogP contribution in [0.1, 0.15) is 27.0 Å². The number of carbonyl (C=O) groups excluding carboxylic acids is 1. The second-order valence-electron chi connectivity index (χ2n) is 5.27. The molecule has 104 valence electrons. The van der Waals surface area contributed by atoms with E-state index in [0.717, 1.165) is 48.4 Å². The maximum absolute atomic E-state index is 12.5. The normalized spacial score (nSPS) is 16.6. The van der Waals surface area contributed by atoms with Gasteiger partial charge in [0.15, 0.2) is 5.78 Å². The van der Waals surface area contributed by atoms with Crippen molar-refractivity contribution < 1.29 is 4.79 Å². The Kier molecular flexibility index (Phi) is 4.61. The number of hydrogen-bond acceptors (Lipinski definition) is 3. The van der Waals surface area contributed by atoms with E-state index in [2.05, 4.69) is 10.2 Å². The summed E-state index contributed by atoms with van der Waals surface area (Å²) in [5.74, 6) is 0.179. The van der Waals surface area contributed by atoms with Crippen molar-refractivity contribution in [2.75, 3.05) is 32.7 Å². The van der Waals surface area contributed by atoms with E-state index >= 15 is 0 Å². The third-order valence-corrected chi connectivity index (χ3v) is 4.32. The highest BCUT2D eigenvalue weighted by Crippen LogP contribution is 2.27. The minimum Gasteiger partial charge on any atom is -0.314 e. The van der Waals surface area contributed by atoms with E-state index in [9.17, 15) is 4.79 Å². The lowest BCUT2D eigenvalue weighted by molar-refractivity contribution is 0.0920. The van der Waals surface area contributed by atoms with Crippen LogP contribution in [0.3, 0.4) is 0 Å². The first-order chi connectivity index (χ1) is 9.00. The topological polar surface area (TPSA) is 32.3 Å². The first-order valence-electron chi connectivity index (χ1n) is 6.73. The van der Waals surface area contributed by atoms with Crippen molar-refractivity contribution >= 4 is 17.4 Å². The molecular formula is C15H21ClN2O. The Morgan fingerprint density at radius 1 is 1.26 bits per heavy atom. The number of Topliss-reactive ketones (excluding diaryl/α,β-unsaturated/α-hetero) is 1. The van der Waals surface area contributed by atoms with E-state index in [1.807, 2.05) is 26.8 Å². The fourth-order valence-corrected chi connectivity index (χ4v) is 2.89. The molecule has 0 unspecified atom stereocenters. The molecule has 0 aliphatic carbocycles. The molecular weight excluding hydrogens is 260 g/mol. The van der Waals surface area contributed by atoms with Gasteiger partial charge in [0, 0.05) is 36.8 Å². The van der Waals surface area contributed by atoms with E-state index in [1.54, 1.807) is 0 Å². The first kappa shape index (κ1) is 14.5. The maximum Gasteiger partial charge on any atom is 0.177 e. The molecule has 1 aromatic rings. The molecule has 19 heavy (non-hydrogen) atoms. The zero-order valence-electron chi connectivity index (χ0n) is 11.8. The van der Waals surface area contributed by atoms with Gasteiger partial charge in [-0.05, 0) is 37.5 Å². The van der Waals surface area contributed by atoms with Gasteiger partial charge in [0.1, 0.15) is 0 Å². The van der Waals surface area contributed by atoms with Crippen LogP contribution in [-0.4, -0.2) is 43.4 Å². The summed E-state index contributed by atoms with van der Waals surface area (Å²) >= 11 is 6.27. The lowest BCUT2D eigenvalue weighted by atomic mass is 9.96. The number of hydrogen-bond donors (Lipinski definition) is 1. The highest BCUT2D eigenvalue weighted by molar-refractivity contribution is 6.32. The second-order valence-corrected chi connectivity index (χ2v) is 5.65. The number of nitrogens with one attached hydrogen (secondary N) is 1. The van der Waals surface area contributed by atoms with Crippen LogP contribution in [0, 0.1) is 20.8 Å². The summed E-state index contributed by atoms with van der Waals surface area (Å²) in [6.45, 7) is 10.2. The van der Waals surface area contributed by atoms with Crippen molar-refractivity contribution in [3.63, 3.8) is 0 Å². The molecule has 0 radical (unpaired) electrons. The third kappa shape index (κ3) is 3.16. The summed E-state index contributed by atoms with van der Waals surface area (Å²) in [5.41, 5.74) is 3.78. The quantitative estimate of drug-likeness (QED) is 0.863. The van der Waals surface area contributed by atoms with Gasteiger partial charge in [-0.15, -0.1) is 0 Å². The fourth-order valence-electron chi connectivity index (χ4n) is 2.74. The van der Waals surface area contributed by atoms with Crippen LogP contribution in [0.15, 0.2) is 6.07 Å². The molecule has 0 aromatic heterocycles. The van der Waals surface area contributed by atoms with Gasteiger partial charge in [-0.1, -0.05) is 17.7 Å². The lowest BCUT2D eigenvalue weighted by Crippen LogP contribution is -2.45. The molecule has 1 saturated heterocycles. The van der Waals surface area contributed by atoms with Crippen molar-refractivity contribution in [2.24, 2.45) is 0 Å². The van der Waals surface area contributed by atoms with Crippen LogP contribution in [0.4, 0.5) is 0 Å². The van der Waals surface area contributed by atoms with Crippen LogP contribution in [0.5, 0.6) is 0 Å². The monoisotopic (exact) mass is 280 g/mol. The van der Waals surface area contributed by atoms with Crippen molar-refractivity contribution in [1.29, 1.82) is 0 Å². The molecule has 1 fully saturated rings. The van der Waals surface area contributed by atoms with E-state index in [-0.39, 0.29) is 5.78 Å². The zero-order chi connectivity index (χ0) is 14.0. The van der Waals surface area contributed by atoms with Gasteiger partial charge >= 0.3 is 0 Å². The lowest BCUT2D eigenvalue weighted by Gasteiger charge is -2.27. The van der Waals surface area contributed by atoms with E-state index < -0.39 is 0 Å². The highest BCUT2D eigenvalue weighted by atomic mass is 35.5. The molecule has 1 aromatic carbocycles. The Hall–Kier alpha value is -0.900. The number of carbonyl (C=O) groups is 1. The Morgan fingerprint density at radius 2 is 1.89 bits per heavy atom. The molecule has 0 spiro atoms. The molecule has 4 heteroatoms. The smallest absolute Gasteiger partial charge is 0.177 e. The number of halogens is 1. The van der Waals surface area contributed by atoms with Crippen LogP contribution < -0.4 is 5.32 Å². The summed E-state index contributed by atoms with van der Waals surface area (Å²) in [6.07, 6.45) is 0. The van der Waals surface area contributed by atoms with E-state index in [0.29, 0.717) is 11.6 Å². The standard InChI is InChI=1S/C15H21ClN2O/c1-10-8-11(2)15(16)12(3)14(10)13(19)9-18-6-4-17-5-7-18/h8,17H,4-7,9H2,1-3H3. The molecule has 1 aliphatic rings. The molecule has 0 bridgehead atoms. The number of benzene rings is 1.